The Hall–Kier alpha value is -2.36. The molecule has 0 unspecified atom stereocenters. The first-order chi connectivity index (χ1) is 9.90. The smallest absolute Gasteiger partial charge is 0.258 e. The van der Waals surface area contributed by atoms with Crippen LogP contribution in [0.15, 0.2) is 36.4 Å². The molecule has 0 radical (unpaired) electrons. The number of carbonyl (C=O) groups is 1. The first-order valence-corrected chi connectivity index (χ1v) is 6.79. The van der Waals surface area contributed by atoms with Crippen molar-refractivity contribution in [1.29, 1.82) is 0 Å². The van der Waals surface area contributed by atoms with Crippen LogP contribution in [0.25, 0.3) is 0 Å². The lowest BCUT2D eigenvalue weighted by Gasteiger charge is -2.14. The van der Waals surface area contributed by atoms with Crippen molar-refractivity contribution in [3.63, 3.8) is 0 Å². The van der Waals surface area contributed by atoms with Crippen LogP contribution >= 0.6 is 0 Å². The highest BCUT2D eigenvalue weighted by Crippen LogP contribution is 2.31. The Morgan fingerprint density at radius 1 is 1.24 bits per heavy atom. The van der Waals surface area contributed by atoms with Crippen LogP contribution in [0.3, 0.4) is 0 Å². The fourth-order valence-electron chi connectivity index (χ4n) is 2.14. The molecule has 0 saturated carbocycles. The van der Waals surface area contributed by atoms with Crippen LogP contribution in [0.2, 0.25) is 0 Å². The summed E-state index contributed by atoms with van der Waals surface area (Å²) in [5.74, 6) is -0.742. The van der Waals surface area contributed by atoms with E-state index in [1.165, 1.54) is 18.2 Å². The molecule has 0 aliphatic rings. The molecule has 4 heteroatoms. The minimum absolute atomic E-state index is 0.00364. The number of anilines is 1. The van der Waals surface area contributed by atoms with Crippen molar-refractivity contribution in [2.24, 2.45) is 0 Å². The molecule has 0 aliphatic carbocycles. The van der Waals surface area contributed by atoms with E-state index in [1.807, 2.05) is 13.8 Å². The van der Waals surface area contributed by atoms with Gasteiger partial charge in [0.25, 0.3) is 5.91 Å². The molecule has 2 N–H and O–H groups in total. The molecule has 0 aromatic heterocycles. The molecule has 110 valence electrons. The zero-order valence-corrected chi connectivity index (χ0v) is 12.3. The minimum Gasteiger partial charge on any atom is -0.508 e. The number of hydrogen-bond acceptors (Lipinski definition) is 2. The predicted octanol–water partition coefficient (Wildman–Crippen LogP) is 4.22. The van der Waals surface area contributed by atoms with Crippen LogP contribution in [0.4, 0.5) is 10.1 Å². The summed E-state index contributed by atoms with van der Waals surface area (Å²) < 4.78 is 13.6. The van der Waals surface area contributed by atoms with Crippen LogP contribution in [0.1, 0.15) is 41.3 Å². The van der Waals surface area contributed by atoms with E-state index in [0.29, 0.717) is 5.69 Å². The standard InChI is InChI=1S/C17H18FNO2/c1-10(2)13-9-15(11(3)8-16(13)20)19-17(21)12-6-4-5-7-14(12)18/h4-10,20H,1-3H3,(H,19,21). The third-order valence-electron chi connectivity index (χ3n) is 3.36. The Bertz CT molecular complexity index is 680. The summed E-state index contributed by atoms with van der Waals surface area (Å²) >= 11 is 0. The first kappa shape index (κ1) is 15.0. The van der Waals surface area contributed by atoms with Gasteiger partial charge in [-0.1, -0.05) is 26.0 Å². The molecule has 0 saturated heterocycles. The minimum atomic E-state index is -0.560. The number of benzene rings is 2. The number of phenolic OH excluding ortho intramolecular Hbond substituents is 1. The summed E-state index contributed by atoms with van der Waals surface area (Å²) in [5, 5.41) is 12.6. The number of amides is 1. The molecule has 0 heterocycles. The molecular weight excluding hydrogens is 269 g/mol. The highest BCUT2D eigenvalue weighted by molar-refractivity contribution is 6.04. The average molecular weight is 287 g/mol. The Balaban J connectivity index is 2.34. The van der Waals surface area contributed by atoms with Crippen molar-refractivity contribution in [2.45, 2.75) is 26.7 Å². The fraction of sp³-hybridized carbons (Fsp3) is 0.235. The van der Waals surface area contributed by atoms with Crippen molar-refractivity contribution in [3.05, 3.63) is 58.9 Å². The maximum absolute atomic E-state index is 13.6. The molecule has 2 aromatic carbocycles. The maximum Gasteiger partial charge on any atom is 0.258 e. The SMILES string of the molecule is Cc1cc(O)c(C(C)C)cc1NC(=O)c1ccccc1F. The highest BCUT2D eigenvalue weighted by atomic mass is 19.1. The van der Waals surface area contributed by atoms with E-state index < -0.39 is 11.7 Å². The Labute approximate surface area is 123 Å². The van der Waals surface area contributed by atoms with E-state index in [1.54, 1.807) is 25.1 Å². The van der Waals surface area contributed by atoms with Crippen LogP contribution in [-0.2, 0) is 0 Å². The monoisotopic (exact) mass is 287 g/mol. The molecule has 0 atom stereocenters. The lowest BCUT2D eigenvalue weighted by molar-refractivity contribution is 0.102. The number of carbonyl (C=O) groups excluding carboxylic acids is 1. The summed E-state index contributed by atoms with van der Waals surface area (Å²) in [4.78, 5) is 12.1. The molecule has 0 bridgehead atoms. The zero-order chi connectivity index (χ0) is 15.6. The molecule has 0 fully saturated rings. The fourth-order valence-corrected chi connectivity index (χ4v) is 2.14. The highest BCUT2D eigenvalue weighted by Gasteiger charge is 2.15. The quantitative estimate of drug-likeness (QED) is 0.831. The maximum atomic E-state index is 13.6. The molecule has 3 nitrogen and oxygen atoms in total. The van der Waals surface area contributed by atoms with Crippen molar-refractivity contribution in [2.75, 3.05) is 5.32 Å². The Morgan fingerprint density at radius 2 is 1.90 bits per heavy atom. The number of halogens is 1. The van der Waals surface area contributed by atoms with Crippen molar-refractivity contribution in [3.8, 4) is 5.75 Å². The number of phenols is 1. The molecule has 0 aliphatic heterocycles. The summed E-state index contributed by atoms with van der Waals surface area (Å²) in [6.45, 7) is 5.68. The topological polar surface area (TPSA) is 49.3 Å². The van der Waals surface area contributed by atoms with Gasteiger partial charge >= 0.3 is 0 Å². The second kappa shape index (κ2) is 5.95. The van der Waals surface area contributed by atoms with Crippen LogP contribution in [0.5, 0.6) is 5.75 Å². The van der Waals surface area contributed by atoms with Crippen molar-refractivity contribution >= 4 is 11.6 Å². The van der Waals surface area contributed by atoms with Gasteiger partial charge in [-0.25, -0.2) is 4.39 Å². The van der Waals surface area contributed by atoms with Crippen LogP contribution in [0, 0.1) is 12.7 Å². The summed E-state index contributed by atoms with van der Waals surface area (Å²) in [7, 11) is 0. The van der Waals surface area contributed by atoms with E-state index in [-0.39, 0.29) is 17.2 Å². The van der Waals surface area contributed by atoms with Crippen molar-refractivity contribution in [1.82, 2.24) is 0 Å². The van der Waals surface area contributed by atoms with Gasteiger partial charge in [-0.3, -0.25) is 4.79 Å². The van der Waals surface area contributed by atoms with Gasteiger partial charge in [0.15, 0.2) is 0 Å². The molecule has 2 rings (SSSR count). The molecule has 2 aromatic rings. The number of aromatic hydroxyl groups is 1. The summed E-state index contributed by atoms with van der Waals surface area (Å²) in [6, 6.07) is 9.16. The van der Waals surface area contributed by atoms with Crippen LogP contribution < -0.4 is 5.32 Å². The van der Waals surface area contributed by atoms with Gasteiger partial charge in [0.1, 0.15) is 11.6 Å². The Kier molecular flexibility index (Phi) is 4.26. The van der Waals surface area contributed by atoms with Gasteiger partial charge in [-0.15, -0.1) is 0 Å². The van der Waals surface area contributed by atoms with E-state index in [4.69, 9.17) is 0 Å². The predicted molar refractivity (Wildman–Crippen MR) is 81.3 cm³/mol. The number of nitrogens with one attached hydrogen (secondary N) is 1. The Morgan fingerprint density at radius 3 is 2.52 bits per heavy atom. The number of aryl methyl sites for hydroxylation is 1. The van der Waals surface area contributed by atoms with Gasteiger partial charge in [-0.2, -0.15) is 0 Å². The third kappa shape index (κ3) is 3.21. The molecule has 21 heavy (non-hydrogen) atoms. The van der Waals surface area contributed by atoms with Crippen LogP contribution in [-0.4, -0.2) is 11.0 Å². The van der Waals surface area contributed by atoms with Crippen molar-refractivity contribution < 1.29 is 14.3 Å². The number of rotatable bonds is 3. The first-order valence-electron chi connectivity index (χ1n) is 6.79. The normalized spacial score (nSPS) is 10.7. The van der Waals surface area contributed by atoms with E-state index >= 15 is 0 Å². The summed E-state index contributed by atoms with van der Waals surface area (Å²) in [6.07, 6.45) is 0. The molecule has 0 spiro atoms. The molecular formula is C17H18FNO2. The second-order valence-electron chi connectivity index (χ2n) is 5.31. The lowest BCUT2D eigenvalue weighted by Crippen LogP contribution is -2.14. The lowest BCUT2D eigenvalue weighted by atomic mass is 9.99. The average Bonchev–Trinajstić information content (AvgIpc) is 2.41. The van der Waals surface area contributed by atoms with E-state index in [0.717, 1.165) is 11.1 Å². The van der Waals surface area contributed by atoms with E-state index in [2.05, 4.69) is 5.32 Å². The largest absolute Gasteiger partial charge is 0.508 e. The van der Waals surface area contributed by atoms with E-state index in [9.17, 15) is 14.3 Å². The molecule has 1 amide bonds. The second-order valence-corrected chi connectivity index (χ2v) is 5.31. The van der Waals surface area contributed by atoms with Gasteiger partial charge in [-0.05, 0) is 48.2 Å². The third-order valence-corrected chi connectivity index (χ3v) is 3.36. The van der Waals surface area contributed by atoms with Gasteiger partial charge in [0.2, 0.25) is 0 Å². The van der Waals surface area contributed by atoms with Gasteiger partial charge < -0.3 is 10.4 Å². The number of hydrogen-bond donors (Lipinski definition) is 2. The van der Waals surface area contributed by atoms with Gasteiger partial charge in [0.05, 0.1) is 5.56 Å². The summed E-state index contributed by atoms with van der Waals surface area (Å²) in [5.41, 5.74) is 2.03. The zero-order valence-electron chi connectivity index (χ0n) is 12.3. The van der Waals surface area contributed by atoms with Gasteiger partial charge in [0, 0.05) is 5.69 Å².